The van der Waals surface area contributed by atoms with Gasteiger partial charge in [0.05, 0.1) is 0 Å². The van der Waals surface area contributed by atoms with Gasteiger partial charge in [0.15, 0.2) is 0 Å². The molecule has 0 saturated carbocycles. The first-order chi connectivity index (χ1) is 11.2. The van der Waals surface area contributed by atoms with Gasteiger partial charge in [0.2, 0.25) is 0 Å². The molecule has 0 spiro atoms. The molecule has 2 aromatic rings. The van der Waals surface area contributed by atoms with Gasteiger partial charge in [-0.25, -0.2) is 0 Å². The van der Waals surface area contributed by atoms with Gasteiger partial charge in [0.25, 0.3) is 0 Å². The smallest absolute Gasteiger partial charge is 0.0344 e. The fourth-order valence-corrected chi connectivity index (χ4v) is 3.60. The van der Waals surface area contributed by atoms with E-state index in [9.17, 15) is 0 Å². The highest BCUT2D eigenvalue weighted by Gasteiger charge is 2.19. The summed E-state index contributed by atoms with van der Waals surface area (Å²) in [5, 5.41) is 3.69. The predicted octanol–water partition coefficient (Wildman–Crippen LogP) is 4.79. The van der Waals surface area contributed by atoms with Crippen molar-refractivity contribution in [2.24, 2.45) is 0 Å². The summed E-state index contributed by atoms with van der Waals surface area (Å²) in [5.74, 6) is 0. The lowest BCUT2D eigenvalue weighted by atomic mass is 10.0. The number of aryl methyl sites for hydroxylation is 1. The van der Waals surface area contributed by atoms with Crippen LogP contribution >= 0.6 is 11.8 Å². The highest BCUT2D eigenvalue weighted by molar-refractivity contribution is 7.98. The zero-order valence-corrected chi connectivity index (χ0v) is 14.9. The van der Waals surface area contributed by atoms with Crippen LogP contribution in [-0.2, 0) is 6.54 Å². The molecule has 1 aliphatic rings. The molecular formula is C20H26N2S. The van der Waals surface area contributed by atoms with Crippen molar-refractivity contribution in [3.8, 4) is 0 Å². The minimum Gasteiger partial charge on any atom is -0.382 e. The molecule has 3 rings (SSSR count). The number of nitrogens with one attached hydrogen (secondary N) is 1. The number of hydrogen-bond donors (Lipinski definition) is 1. The van der Waals surface area contributed by atoms with Crippen molar-refractivity contribution in [2.75, 3.05) is 24.7 Å². The van der Waals surface area contributed by atoms with Crippen molar-refractivity contribution in [1.82, 2.24) is 4.90 Å². The lowest BCUT2D eigenvalue weighted by Crippen LogP contribution is -2.38. The number of thioether (sulfide) groups is 1. The Morgan fingerprint density at radius 2 is 1.83 bits per heavy atom. The quantitative estimate of drug-likeness (QED) is 0.795. The largest absolute Gasteiger partial charge is 0.382 e. The number of hydrogen-bond acceptors (Lipinski definition) is 3. The van der Waals surface area contributed by atoms with Gasteiger partial charge in [0, 0.05) is 36.3 Å². The standard InChI is InChI=1S/C20H26N2S/c1-16-4-3-5-19(14-16)21-18-10-12-22(13-11-18)15-17-6-8-20(23-2)9-7-17/h3-9,14,18,21H,10-13,15H2,1-2H3. The van der Waals surface area contributed by atoms with E-state index in [0.29, 0.717) is 6.04 Å². The van der Waals surface area contributed by atoms with Crippen LogP contribution in [0.15, 0.2) is 53.4 Å². The molecule has 23 heavy (non-hydrogen) atoms. The van der Waals surface area contributed by atoms with E-state index in [1.54, 1.807) is 11.8 Å². The van der Waals surface area contributed by atoms with E-state index in [1.807, 2.05) is 0 Å². The number of benzene rings is 2. The molecule has 1 heterocycles. The van der Waals surface area contributed by atoms with Crippen LogP contribution in [0.2, 0.25) is 0 Å². The molecule has 0 atom stereocenters. The Balaban J connectivity index is 1.48. The van der Waals surface area contributed by atoms with Crippen molar-refractivity contribution >= 4 is 17.4 Å². The van der Waals surface area contributed by atoms with Crippen LogP contribution in [0.25, 0.3) is 0 Å². The molecule has 0 bridgehead atoms. The van der Waals surface area contributed by atoms with Gasteiger partial charge in [-0.2, -0.15) is 0 Å². The first-order valence-corrected chi connectivity index (χ1v) is 9.64. The summed E-state index contributed by atoms with van der Waals surface area (Å²) in [6.07, 6.45) is 4.56. The fraction of sp³-hybridized carbons (Fsp3) is 0.400. The molecule has 0 aliphatic carbocycles. The van der Waals surface area contributed by atoms with E-state index in [4.69, 9.17) is 0 Å². The van der Waals surface area contributed by atoms with Crippen molar-refractivity contribution in [1.29, 1.82) is 0 Å². The second-order valence-corrected chi connectivity index (χ2v) is 7.29. The normalized spacial score (nSPS) is 16.4. The van der Waals surface area contributed by atoms with Crippen molar-refractivity contribution in [2.45, 2.75) is 37.2 Å². The van der Waals surface area contributed by atoms with Crippen LogP contribution < -0.4 is 5.32 Å². The maximum absolute atomic E-state index is 3.69. The van der Waals surface area contributed by atoms with Crippen molar-refractivity contribution in [3.05, 3.63) is 59.7 Å². The van der Waals surface area contributed by atoms with E-state index in [1.165, 1.54) is 47.6 Å². The molecule has 122 valence electrons. The average molecular weight is 327 g/mol. The molecule has 2 nitrogen and oxygen atoms in total. The van der Waals surface area contributed by atoms with E-state index >= 15 is 0 Å². The molecule has 0 aromatic heterocycles. The van der Waals surface area contributed by atoms with Crippen LogP contribution in [0.4, 0.5) is 5.69 Å². The maximum Gasteiger partial charge on any atom is 0.0344 e. The number of nitrogens with zero attached hydrogens (tertiary/aromatic N) is 1. The summed E-state index contributed by atoms with van der Waals surface area (Å²) in [6.45, 7) is 5.57. The second kappa shape index (κ2) is 7.89. The Bertz CT molecular complexity index is 616. The van der Waals surface area contributed by atoms with E-state index in [2.05, 4.69) is 71.9 Å². The van der Waals surface area contributed by atoms with Gasteiger partial charge in [-0.05, 0) is 61.4 Å². The van der Waals surface area contributed by atoms with Gasteiger partial charge in [-0.15, -0.1) is 11.8 Å². The van der Waals surface area contributed by atoms with Crippen LogP contribution in [-0.4, -0.2) is 30.3 Å². The SMILES string of the molecule is CSc1ccc(CN2CCC(Nc3cccc(C)c3)CC2)cc1. The monoisotopic (exact) mass is 326 g/mol. The number of rotatable bonds is 5. The van der Waals surface area contributed by atoms with Gasteiger partial charge in [0.1, 0.15) is 0 Å². The first-order valence-electron chi connectivity index (χ1n) is 8.41. The molecule has 1 aliphatic heterocycles. The molecule has 0 radical (unpaired) electrons. The Morgan fingerprint density at radius 1 is 1.09 bits per heavy atom. The molecule has 1 fully saturated rings. The highest BCUT2D eigenvalue weighted by atomic mass is 32.2. The molecule has 1 N–H and O–H groups in total. The van der Waals surface area contributed by atoms with Gasteiger partial charge in [-0.1, -0.05) is 24.3 Å². The Labute approximate surface area is 144 Å². The Morgan fingerprint density at radius 3 is 2.48 bits per heavy atom. The first kappa shape index (κ1) is 16.4. The van der Waals surface area contributed by atoms with E-state index in [0.717, 1.165) is 6.54 Å². The lowest BCUT2D eigenvalue weighted by Gasteiger charge is -2.33. The summed E-state index contributed by atoms with van der Waals surface area (Å²) in [5.41, 5.74) is 4.00. The molecule has 0 amide bonds. The van der Waals surface area contributed by atoms with Crippen LogP contribution in [0, 0.1) is 6.92 Å². The second-order valence-electron chi connectivity index (χ2n) is 6.41. The molecule has 2 aromatic carbocycles. The zero-order chi connectivity index (χ0) is 16.1. The third kappa shape index (κ3) is 4.76. The number of likely N-dealkylation sites (tertiary alicyclic amines) is 1. The summed E-state index contributed by atoms with van der Waals surface area (Å²) in [6, 6.07) is 18.3. The van der Waals surface area contributed by atoms with Gasteiger partial charge >= 0.3 is 0 Å². The summed E-state index contributed by atoms with van der Waals surface area (Å²) in [4.78, 5) is 3.91. The summed E-state index contributed by atoms with van der Waals surface area (Å²) < 4.78 is 0. The van der Waals surface area contributed by atoms with Gasteiger partial charge < -0.3 is 5.32 Å². The molecule has 1 saturated heterocycles. The minimum atomic E-state index is 0.604. The molecule has 3 heteroatoms. The Hall–Kier alpha value is -1.45. The Kier molecular flexibility index (Phi) is 5.63. The summed E-state index contributed by atoms with van der Waals surface area (Å²) in [7, 11) is 0. The third-order valence-electron chi connectivity index (χ3n) is 4.54. The topological polar surface area (TPSA) is 15.3 Å². The third-order valence-corrected chi connectivity index (χ3v) is 5.29. The van der Waals surface area contributed by atoms with Crippen molar-refractivity contribution < 1.29 is 0 Å². The lowest BCUT2D eigenvalue weighted by molar-refractivity contribution is 0.211. The van der Waals surface area contributed by atoms with E-state index < -0.39 is 0 Å². The molecular weight excluding hydrogens is 300 g/mol. The van der Waals surface area contributed by atoms with E-state index in [-0.39, 0.29) is 0 Å². The zero-order valence-electron chi connectivity index (χ0n) is 14.1. The predicted molar refractivity (Wildman–Crippen MR) is 101 cm³/mol. The average Bonchev–Trinajstić information content (AvgIpc) is 2.57. The fourth-order valence-electron chi connectivity index (χ4n) is 3.20. The maximum atomic E-state index is 3.69. The summed E-state index contributed by atoms with van der Waals surface area (Å²) >= 11 is 1.80. The van der Waals surface area contributed by atoms with Crippen LogP contribution in [0.1, 0.15) is 24.0 Å². The van der Waals surface area contributed by atoms with Crippen LogP contribution in [0.5, 0.6) is 0 Å². The molecule has 0 unspecified atom stereocenters. The van der Waals surface area contributed by atoms with Gasteiger partial charge in [-0.3, -0.25) is 4.90 Å². The number of anilines is 1. The highest BCUT2D eigenvalue weighted by Crippen LogP contribution is 2.20. The number of piperidine rings is 1. The minimum absolute atomic E-state index is 0.604. The van der Waals surface area contributed by atoms with Crippen LogP contribution in [0.3, 0.4) is 0 Å². The van der Waals surface area contributed by atoms with Crippen molar-refractivity contribution in [3.63, 3.8) is 0 Å².